The largest absolute Gasteiger partial charge is 0.493 e. The highest BCUT2D eigenvalue weighted by Gasteiger charge is 2.17. The lowest BCUT2D eigenvalue weighted by atomic mass is 10.1. The molecule has 1 heterocycles. The molecule has 3 rings (SSSR count). The van der Waals surface area contributed by atoms with Crippen LogP contribution in [0.2, 0.25) is 0 Å². The van der Waals surface area contributed by atoms with E-state index in [-0.39, 0.29) is 5.97 Å². The third-order valence-electron chi connectivity index (χ3n) is 4.94. The minimum absolute atomic E-state index is 0.355. The Bertz CT molecular complexity index is 839. The van der Waals surface area contributed by atoms with Crippen LogP contribution in [0.15, 0.2) is 48.5 Å². The van der Waals surface area contributed by atoms with Crippen molar-refractivity contribution in [1.29, 1.82) is 0 Å². The minimum Gasteiger partial charge on any atom is -0.493 e. The van der Waals surface area contributed by atoms with E-state index in [1.54, 1.807) is 13.2 Å². The molecule has 1 fully saturated rings. The van der Waals surface area contributed by atoms with Gasteiger partial charge in [0.15, 0.2) is 11.5 Å². The van der Waals surface area contributed by atoms with Gasteiger partial charge in [0, 0.05) is 45.3 Å². The van der Waals surface area contributed by atoms with Crippen LogP contribution >= 0.6 is 0 Å². The molecule has 0 saturated carbocycles. The molecule has 0 unspecified atom stereocenters. The normalized spacial score (nSPS) is 15.0. The van der Waals surface area contributed by atoms with Gasteiger partial charge in [-0.1, -0.05) is 36.4 Å². The molecule has 0 bridgehead atoms. The molecule has 2 aromatic carbocycles. The second-order valence-corrected chi connectivity index (χ2v) is 6.98. The first-order chi connectivity index (χ1) is 13.6. The lowest BCUT2D eigenvalue weighted by Gasteiger charge is -2.36. The molecule has 5 nitrogen and oxygen atoms in total. The SMILES string of the molecule is COc1cc(C=CCN2CCN(c3ccccc3C)CC2)ccc1OC(C)=O. The van der Waals surface area contributed by atoms with E-state index in [9.17, 15) is 4.79 Å². The van der Waals surface area contributed by atoms with Crippen molar-refractivity contribution >= 4 is 17.7 Å². The van der Waals surface area contributed by atoms with Crippen LogP contribution in [0, 0.1) is 6.92 Å². The van der Waals surface area contributed by atoms with Gasteiger partial charge in [0.05, 0.1) is 7.11 Å². The number of hydrogen-bond acceptors (Lipinski definition) is 5. The maximum absolute atomic E-state index is 11.1. The van der Waals surface area contributed by atoms with Crippen molar-refractivity contribution in [3.05, 3.63) is 59.7 Å². The zero-order chi connectivity index (χ0) is 19.9. The van der Waals surface area contributed by atoms with E-state index in [0.717, 1.165) is 38.3 Å². The van der Waals surface area contributed by atoms with E-state index in [2.05, 4.69) is 53.1 Å². The van der Waals surface area contributed by atoms with Crippen molar-refractivity contribution in [2.24, 2.45) is 0 Å². The van der Waals surface area contributed by atoms with Gasteiger partial charge < -0.3 is 14.4 Å². The number of carbonyl (C=O) groups excluding carboxylic acids is 1. The summed E-state index contributed by atoms with van der Waals surface area (Å²) >= 11 is 0. The Kier molecular flexibility index (Phi) is 6.71. The van der Waals surface area contributed by atoms with Crippen molar-refractivity contribution in [1.82, 2.24) is 4.90 Å². The number of piperazine rings is 1. The zero-order valence-electron chi connectivity index (χ0n) is 16.9. The number of hydrogen-bond donors (Lipinski definition) is 0. The second kappa shape index (κ2) is 9.42. The van der Waals surface area contributed by atoms with Gasteiger partial charge in [-0.3, -0.25) is 9.69 Å². The van der Waals surface area contributed by atoms with E-state index >= 15 is 0 Å². The molecule has 5 heteroatoms. The molecule has 0 aromatic heterocycles. The van der Waals surface area contributed by atoms with Crippen LogP contribution in [0.3, 0.4) is 0 Å². The lowest BCUT2D eigenvalue weighted by molar-refractivity contribution is -0.132. The number of methoxy groups -OCH3 is 1. The van der Waals surface area contributed by atoms with Crippen LogP contribution < -0.4 is 14.4 Å². The smallest absolute Gasteiger partial charge is 0.308 e. The Hall–Kier alpha value is -2.79. The van der Waals surface area contributed by atoms with Gasteiger partial charge in [-0.2, -0.15) is 0 Å². The third-order valence-corrected chi connectivity index (χ3v) is 4.94. The summed E-state index contributed by atoms with van der Waals surface area (Å²) in [6, 6.07) is 14.1. The molecule has 0 radical (unpaired) electrons. The zero-order valence-corrected chi connectivity index (χ0v) is 16.9. The quantitative estimate of drug-likeness (QED) is 0.564. The summed E-state index contributed by atoms with van der Waals surface area (Å²) in [5, 5.41) is 0. The van der Waals surface area contributed by atoms with Gasteiger partial charge >= 0.3 is 5.97 Å². The van der Waals surface area contributed by atoms with E-state index in [4.69, 9.17) is 9.47 Å². The Morgan fingerprint density at radius 3 is 2.50 bits per heavy atom. The molecule has 1 aliphatic heterocycles. The number of para-hydroxylation sites is 1. The second-order valence-electron chi connectivity index (χ2n) is 6.98. The highest BCUT2D eigenvalue weighted by molar-refractivity contribution is 5.71. The summed E-state index contributed by atoms with van der Waals surface area (Å²) in [6.45, 7) is 8.65. The highest BCUT2D eigenvalue weighted by atomic mass is 16.6. The number of esters is 1. The topological polar surface area (TPSA) is 42.0 Å². The molecule has 0 amide bonds. The summed E-state index contributed by atoms with van der Waals surface area (Å²) in [6.07, 6.45) is 4.25. The highest BCUT2D eigenvalue weighted by Crippen LogP contribution is 2.28. The van der Waals surface area contributed by atoms with Crippen molar-refractivity contribution in [3.63, 3.8) is 0 Å². The Morgan fingerprint density at radius 1 is 1.07 bits per heavy atom. The summed E-state index contributed by atoms with van der Waals surface area (Å²) < 4.78 is 10.5. The molecule has 148 valence electrons. The van der Waals surface area contributed by atoms with Crippen molar-refractivity contribution in [2.45, 2.75) is 13.8 Å². The van der Waals surface area contributed by atoms with Crippen LogP contribution in [-0.2, 0) is 4.79 Å². The molecule has 2 aromatic rings. The molecular weight excluding hydrogens is 352 g/mol. The van der Waals surface area contributed by atoms with Gasteiger partial charge in [-0.15, -0.1) is 0 Å². The molecule has 0 atom stereocenters. The minimum atomic E-state index is -0.355. The van der Waals surface area contributed by atoms with Gasteiger partial charge in [0.2, 0.25) is 0 Å². The number of carbonyl (C=O) groups is 1. The van der Waals surface area contributed by atoms with Gasteiger partial charge in [-0.05, 0) is 36.2 Å². The van der Waals surface area contributed by atoms with Crippen LogP contribution in [0.1, 0.15) is 18.1 Å². The molecule has 0 N–H and O–H groups in total. The molecule has 1 saturated heterocycles. The van der Waals surface area contributed by atoms with E-state index in [1.807, 2.05) is 12.1 Å². The number of benzene rings is 2. The molecule has 1 aliphatic rings. The van der Waals surface area contributed by atoms with E-state index in [0.29, 0.717) is 11.5 Å². The number of ether oxygens (including phenoxy) is 2. The molecule has 0 aliphatic carbocycles. The predicted octanol–water partition coefficient (Wildman–Crippen LogP) is 3.76. The standard InChI is InChI=1S/C23H28N2O3/c1-18-7-4-5-9-21(18)25-15-13-24(14-16-25)12-6-8-20-10-11-22(28-19(2)26)23(17-20)27-3/h4-11,17H,12-16H2,1-3H3. The first-order valence-corrected chi connectivity index (χ1v) is 9.63. The molecular formula is C23H28N2O3. The van der Waals surface area contributed by atoms with Gasteiger partial charge in [-0.25, -0.2) is 0 Å². The fourth-order valence-corrected chi connectivity index (χ4v) is 3.45. The maximum atomic E-state index is 11.1. The summed E-state index contributed by atoms with van der Waals surface area (Å²) in [4.78, 5) is 16.1. The predicted molar refractivity (Wildman–Crippen MR) is 113 cm³/mol. The average molecular weight is 380 g/mol. The van der Waals surface area contributed by atoms with Crippen molar-refractivity contribution < 1.29 is 14.3 Å². The maximum Gasteiger partial charge on any atom is 0.308 e. The van der Waals surface area contributed by atoms with Crippen LogP contribution in [0.25, 0.3) is 6.08 Å². The van der Waals surface area contributed by atoms with Gasteiger partial charge in [0.25, 0.3) is 0 Å². The Morgan fingerprint density at radius 2 is 1.82 bits per heavy atom. The lowest BCUT2D eigenvalue weighted by Crippen LogP contribution is -2.46. The third kappa shape index (κ3) is 5.14. The summed E-state index contributed by atoms with van der Waals surface area (Å²) in [5.41, 5.74) is 3.70. The van der Waals surface area contributed by atoms with Crippen molar-refractivity contribution in [2.75, 3.05) is 44.7 Å². The summed E-state index contributed by atoms with van der Waals surface area (Å²) in [5.74, 6) is 0.648. The van der Waals surface area contributed by atoms with Crippen LogP contribution in [0.4, 0.5) is 5.69 Å². The van der Waals surface area contributed by atoms with Crippen LogP contribution in [0.5, 0.6) is 11.5 Å². The van der Waals surface area contributed by atoms with E-state index < -0.39 is 0 Å². The number of anilines is 1. The first-order valence-electron chi connectivity index (χ1n) is 9.63. The number of aryl methyl sites for hydroxylation is 1. The van der Waals surface area contributed by atoms with Crippen LogP contribution in [-0.4, -0.2) is 50.7 Å². The number of nitrogens with zero attached hydrogens (tertiary/aromatic N) is 2. The monoisotopic (exact) mass is 380 g/mol. The summed E-state index contributed by atoms with van der Waals surface area (Å²) in [7, 11) is 1.57. The van der Waals surface area contributed by atoms with E-state index in [1.165, 1.54) is 18.2 Å². The number of rotatable bonds is 6. The average Bonchev–Trinajstić information content (AvgIpc) is 2.69. The van der Waals surface area contributed by atoms with Crippen molar-refractivity contribution in [3.8, 4) is 11.5 Å². The Labute approximate surface area is 167 Å². The van der Waals surface area contributed by atoms with Gasteiger partial charge in [0.1, 0.15) is 0 Å². The fraction of sp³-hybridized carbons (Fsp3) is 0.348. The fourth-order valence-electron chi connectivity index (χ4n) is 3.45. The molecule has 0 spiro atoms. The first kappa shape index (κ1) is 20.0. The molecule has 28 heavy (non-hydrogen) atoms. The Balaban J connectivity index is 1.53.